The Hall–Kier alpha value is -1.22. The van der Waals surface area contributed by atoms with Crippen LogP contribution in [0, 0.1) is 5.92 Å². The zero-order chi connectivity index (χ0) is 9.10. The standard InChI is InChI=1S/C10H11NO2/c12-10(8-4-6-13-7-8)9-3-1-2-5-11-9/h1-3,5,8H,4,6-7H2. The van der Waals surface area contributed by atoms with Gasteiger partial charge < -0.3 is 4.74 Å². The maximum atomic E-state index is 11.7. The molecule has 1 aliphatic heterocycles. The first-order valence-electron chi connectivity index (χ1n) is 4.41. The summed E-state index contributed by atoms with van der Waals surface area (Å²) in [6.07, 6.45) is 2.47. The van der Waals surface area contributed by atoms with E-state index < -0.39 is 0 Å². The van der Waals surface area contributed by atoms with E-state index in [-0.39, 0.29) is 11.7 Å². The van der Waals surface area contributed by atoms with Crippen molar-refractivity contribution >= 4 is 5.78 Å². The summed E-state index contributed by atoms with van der Waals surface area (Å²) in [7, 11) is 0. The zero-order valence-corrected chi connectivity index (χ0v) is 7.27. The largest absolute Gasteiger partial charge is 0.381 e. The number of rotatable bonds is 2. The van der Waals surface area contributed by atoms with E-state index in [0.717, 1.165) is 6.42 Å². The topological polar surface area (TPSA) is 39.2 Å². The zero-order valence-electron chi connectivity index (χ0n) is 7.27. The molecule has 0 bridgehead atoms. The van der Waals surface area contributed by atoms with E-state index >= 15 is 0 Å². The maximum Gasteiger partial charge on any atom is 0.186 e. The van der Waals surface area contributed by atoms with Gasteiger partial charge in [-0.3, -0.25) is 9.78 Å². The molecule has 1 atom stereocenters. The predicted molar refractivity (Wildman–Crippen MR) is 47.5 cm³/mol. The maximum absolute atomic E-state index is 11.7. The number of Topliss-reactive ketones (excluding diaryl/α,β-unsaturated/α-hetero) is 1. The van der Waals surface area contributed by atoms with Gasteiger partial charge in [-0.2, -0.15) is 0 Å². The summed E-state index contributed by atoms with van der Waals surface area (Å²) < 4.78 is 5.15. The van der Waals surface area contributed by atoms with Gasteiger partial charge in [-0.1, -0.05) is 6.07 Å². The van der Waals surface area contributed by atoms with Crippen LogP contribution in [0.4, 0.5) is 0 Å². The third-order valence-electron chi connectivity index (χ3n) is 2.22. The number of carbonyl (C=O) groups is 1. The third-order valence-corrected chi connectivity index (χ3v) is 2.22. The number of hydrogen-bond donors (Lipinski definition) is 0. The molecular weight excluding hydrogens is 166 g/mol. The van der Waals surface area contributed by atoms with Crippen molar-refractivity contribution in [2.24, 2.45) is 5.92 Å². The van der Waals surface area contributed by atoms with Crippen LogP contribution < -0.4 is 0 Å². The molecule has 1 aromatic rings. The Morgan fingerprint density at radius 1 is 1.54 bits per heavy atom. The highest BCUT2D eigenvalue weighted by Crippen LogP contribution is 2.16. The molecule has 1 saturated heterocycles. The Kier molecular flexibility index (Phi) is 2.36. The third kappa shape index (κ3) is 1.75. The quantitative estimate of drug-likeness (QED) is 0.639. The van der Waals surface area contributed by atoms with Crippen molar-refractivity contribution in [3.8, 4) is 0 Å². The van der Waals surface area contributed by atoms with Gasteiger partial charge in [0.05, 0.1) is 6.61 Å². The van der Waals surface area contributed by atoms with Crippen LogP contribution in [-0.4, -0.2) is 24.0 Å². The lowest BCUT2D eigenvalue weighted by Gasteiger charge is -2.04. The number of carbonyl (C=O) groups excluding carboxylic acids is 1. The van der Waals surface area contributed by atoms with E-state index in [9.17, 15) is 4.79 Å². The highest BCUT2D eigenvalue weighted by molar-refractivity contribution is 5.96. The Morgan fingerprint density at radius 2 is 2.46 bits per heavy atom. The van der Waals surface area contributed by atoms with Crippen molar-refractivity contribution in [1.82, 2.24) is 4.98 Å². The van der Waals surface area contributed by atoms with Crippen LogP contribution in [0.5, 0.6) is 0 Å². The van der Waals surface area contributed by atoms with Gasteiger partial charge in [-0.15, -0.1) is 0 Å². The summed E-state index contributed by atoms with van der Waals surface area (Å²) in [5.74, 6) is 0.132. The second-order valence-electron chi connectivity index (χ2n) is 3.14. The molecule has 1 aromatic heterocycles. The molecule has 68 valence electrons. The molecule has 0 saturated carbocycles. The predicted octanol–water partition coefficient (Wildman–Crippen LogP) is 1.30. The molecule has 0 amide bonds. The molecule has 2 heterocycles. The number of ketones is 1. The first kappa shape index (κ1) is 8.38. The number of pyridine rings is 1. The number of ether oxygens (including phenoxy) is 1. The molecule has 0 aromatic carbocycles. The van der Waals surface area contributed by atoms with Gasteiger partial charge in [0.25, 0.3) is 0 Å². The van der Waals surface area contributed by atoms with Gasteiger partial charge in [0.2, 0.25) is 0 Å². The summed E-state index contributed by atoms with van der Waals surface area (Å²) in [5.41, 5.74) is 0.554. The lowest BCUT2D eigenvalue weighted by atomic mass is 10.0. The van der Waals surface area contributed by atoms with Crippen LogP contribution in [-0.2, 0) is 4.74 Å². The average molecular weight is 177 g/mol. The lowest BCUT2D eigenvalue weighted by Crippen LogP contribution is -2.15. The van der Waals surface area contributed by atoms with Gasteiger partial charge in [0, 0.05) is 18.7 Å². The fourth-order valence-corrected chi connectivity index (χ4v) is 1.46. The average Bonchev–Trinajstić information content (AvgIpc) is 2.71. The van der Waals surface area contributed by atoms with Gasteiger partial charge in [-0.25, -0.2) is 0 Å². The highest BCUT2D eigenvalue weighted by Gasteiger charge is 2.24. The second-order valence-corrected chi connectivity index (χ2v) is 3.14. The number of hydrogen-bond acceptors (Lipinski definition) is 3. The summed E-state index contributed by atoms with van der Waals surface area (Å²) in [6, 6.07) is 5.39. The smallest absolute Gasteiger partial charge is 0.186 e. The van der Waals surface area contributed by atoms with Crippen molar-refractivity contribution in [3.63, 3.8) is 0 Å². The van der Waals surface area contributed by atoms with E-state index in [0.29, 0.717) is 18.9 Å². The summed E-state index contributed by atoms with van der Waals surface area (Å²) in [5, 5.41) is 0. The molecule has 2 rings (SSSR count). The van der Waals surface area contributed by atoms with Crippen molar-refractivity contribution in [2.75, 3.05) is 13.2 Å². The Balaban J connectivity index is 2.13. The van der Waals surface area contributed by atoms with Crippen LogP contribution in [0.1, 0.15) is 16.9 Å². The second kappa shape index (κ2) is 3.66. The molecule has 3 heteroatoms. The first-order valence-corrected chi connectivity index (χ1v) is 4.41. The Morgan fingerprint density at radius 3 is 3.08 bits per heavy atom. The van der Waals surface area contributed by atoms with Crippen molar-refractivity contribution in [1.29, 1.82) is 0 Å². The van der Waals surface area contributed by atoms with E-state index in [1.54, 1.807) is 12.3 Å². The summed E-state index contributed by atoms with van der Waals surface area (Å²) >= 11 is 0. The molecular formula is C10H11NO2. The molecule has 1 fully saturated rings. The minimum Gasteiger partial charge on any atom is -0.381 e. The molecule has 1 unspecified atom stereocenters. The summed E-state index contributed by atoms with van der Waals surface area (Å²) in [4.78, 5) is 15.7. The highest BCUT2D eigenvalue weighted by atomic mass is 16.5. The normalized spacial score (nSPS) is 21.7. The van der Waals surface area contributed by atoms with Gasteiger partial charge in [0.1, 0.15) is 5.69 Å². The molecule has 1 aliphatic rings. The fourth-order valence-electron chi connectivity index (χ4n) is 1.46. The van der Waals surface area contributed by atoms with E-state index in [1.165, 1.54) is 0 Å². The molecule has 0 N–H and O–H groups in total. The van der Waals surface area contributed by atoms with Gasteiger partial charge in [0.15, 0.2) is 5.78 Å². The molecule has 13 heavy (non-hydrogen) atoms. The van der Waals surface area contributed by atoms with Crippen LogP contribution in [0.25, 0.3) is 0 Å². The Labute approximate surface area is 76.7 Å². The van der Waals surface area contributed by atoms with E-state index in [1.807, 2.05) is 12.1 Å². The molecule has 0 aliphatic carbocycles. The van der Waals surface area contributed by atoms with E-state index in [2.05, 4.69) is 4.98 Å². The minimum absolute atomic E-state index is 0.0231. The SMILES string of the molecule is O=C(c1ccccn1)C1CCOC1. The van der Waals surface area contributed by atoms with Crippen LogP contribution in [0.15, 0.2) is 24.4 Å². The van der Waals surface area contributed by atoms with Gasteiger partial charge >= 0.3 is 0 Å². The minimum atomic E-state index is 0.0231. The molecule has 0 radical (unpaired) electrons. The number of aromatic nitrogens is 1. The van der Waals surface area contributed by atoms with E-state index in [4.69, 9.17) is 4.74 Å². The van der Waals surface area contributed by atoms with Crippen LogP contribution in [0.3, 0.4) is 0 Å². The monoisotopic (exact) mass is 177 g/mol. The van der Waals surface area contributed by atoms with Crippen LogP contribution in [0.2, 0.25) is 0 Å². The Bertz CT molecular complexity index is 291. The van der Waals surface area contributed by atoms with Crippen molar-refractivity contribution < 1.29 is 9.53 Å². The lowest BCUT2D eigenvalue weighted by molar-refractivity contribution is 0.0895. The number of nitrogens with zero attached hydrogens (tertiary/aromatic N) is 1. The summed E-state index contributed by atoms with van der Waals surface area (Å²) in [6.45, 7) is 1.25. The van der Waals surface area contributed by atoms with Crippen molar-refractivity contribution in [2.45, 2.75) is 6.42 Å². The molecule has 3 nitrogen and oxygen atoms in total. The molecule has 0 spiro atoms. The first-order chi connectivity index (χ1) is 6.38. The van der Waals surface area contributed by atoms with Gasteiger partial charge in [-0.05, 0) is 18.6 Å². The van der Waals surface area contributed by atoms with Crippen LogP contribution >= 0.6 is 0 Å². The van der Waals surface area contributed by atoms with Crippen molar-refractivity contribution in [3.05, 3.63) is 30.1 Å². The fraction of sp³-hybridized carbons (Fsp3) is 0.400.